The van der Waals surface area contributed by atoms with Crippen LogP contribution in [0.1, 0.15) is 57.5 Å². The molecule has 1 rings (SSSR count). The normalized spacial score (nSPS) is 13.9. The summed E-state index contributed by atoms with van der Waals surface area (Å²) in [5.74, 6) is -0.815. The molecular formula is C17H29N3O3. The van der Waals surface area contributed by atoms with E-state index in [-0.39, 0.29) is 12.3 Å². The second kappa shape index (κ2) is 7.62. The highest BCUT2D eigenvalue weighted by Crippen LogP contribution is 2.17. The van der Waals surface area contributed by atoms with Crippen LogP contribution in [0.4, 0.5) is 0 Å². The lowest BCUT2D eigenvalue weighted by Crippen LogP contribution is -2.52. The molecule has 6 nitrogen and oxygen atoms in total. The Morgan fingerprint density at radius 2 is 1.96 bits per heavy atom. The van der Waals surface area contributed by atoms with Gasteiger partial charge < -0.3 is 10.4 Å². The Hall–Kier alpha value is -1.85. The summed E-state index contributed by atoms with van der Waals surface area (Å²) in [6.45, 7) is 12.3. The molecular weight excluding hydrogens is 294 g/mol. The van der Waals surface area contributed by atoms with Crippen molar-refractivity contribution in [1.82, 2.24) is 15.1 Å². The minimum atomic E-state index is -1.22. The molecule has 0 bridgehead atoms. The quantitative estimate of drug-likeness (QED) is 0.769. The second-order valence-corrected chi connectivity index (χ2v) is 6.84. The number of aromatic nitrogens is 2. The first-order valence-electron chi connectivity index (χ1n) is 8.18. The number of aryl methyl sites for hydroxylation is 1. The fraction of sp³-hybridized carbons (Fsp3) is 0.706. The van der Waals surface area contributed by atoms with Crippen molar-refractivity contribution in [3.05, 3.63) is 17.0 Å². The Labute approximate surface area is 138 Å². The van der Waals surface area contributed by atoms with E-state index in [0.717, 1.165) is 23.5 Å². The van der Waals surface area contributed by atoms with Gasteiger partial charge in [0.15, 0.2) is 0 Å². The summed E-state index contributed by atoms with van der Waals surface area (Å²) in [4.78, 5) is 23.8. The summed E-state index contributed by atoms with van der Waals surface area (Å²) < 4.78 is 1.92. The minimum absolute atomic E-state index is 0.155. The van der Waals surface area contributed by atoms with E-state index in [2.05, 4.69) is 24.3 Å². The third kappa shape index (κ3) is 4.81. The van der Waals surface area contributed by atoms with Gasteiger partial charge in [0, 0.05) is 17.8 Å². The molecule has 2 N–H and O–H groups in total. The van der Waals surface area contributed by atoms with Gasteiger partial charge in [0.2, 0.25) is 5.91 Å². The van der Waals surface area contributed by atoms with Crippen LogP contribution in [0.15, 0.2) is 0 Å². The Morgan fingerprint density at radius 3 is 2.43 bits per heavy atom. The van der Waals surface area contributed by atoms with Crippen molar-refractivity contribution in [3.63, 3.8) is 0 Å². The standard InChI is InChI=1S/C17H29N3O3/c1-7-8-17(6,16(22)23)18-15(21)9-14-12(4)19-20(13(14)5)10-11(2)3/h11H,7-10H2,1-6H3,(H,18,21)(H,22,23). The van der Waals surface area contributed by atoms with Crippen molar-refractivity contribution in [2.75, 3.05) is 0 Å². The van der Waals surface area contributed by atoms with E-state index in [4.69, 9.17) is 0 Å². The molecule has 1 amide bonds. The molecule has 0 fully saturated rings. The highest BCUT2D eigenvalue weighted by atomic mass is 16.4. The first-order valence-corrected chi connectivity index (χ1v) is 8.18. The van der Waals surface area contributed by atoms with E-state index in [9.17, 15) is 14.7 Å². The third-order valence-electron chi connectivity index (χ3n) is 4.04. The smallest absolute Gasteiger partial charge is 0.329 e. The Balaban J connectivity index is 2.89. The number of carbonyl (C=O) groups excluding carboxylic acids is 1. The molecule has 0 saturated heterocycles. The maximum Gasteiger partial charge on any atom is 0.329 e. The summed E-state index contributed by atoms with van der Waals surface area (Å²) in [6, 6.07) is 0. The number of hydrogen-bond donors (Lipinski definition) is 2. The van der Waals surface area contributed by atoms with Crippen LogP contribution in [0.2, 0.25) is 0 Å². The average Bonchev–Trinajstić information content (AvgIpc) is 2.65. The van der Waals surface area contributed by atoms with Crippen LogP contribution in [-0.2, 0) is 22.6 Å². The maximum atomic E-state index is 12.3. The van der Waals surface area contributed by atoms with Crippen LogP contribution < -0.4 is 5.32 Å². The summed E-state index contributed by atoms with van der Waals surface area (Å²) in [5.41, 5.74) is 1.46. The van der Waals surface area contributed by atoms with Crippen LogP contribution in [0, 0.1) is 19.8 Å². The Bertz CT molecular complexity index is 578. The minimum Gasteiger partial charge on any atom is -0.480 e. The highest BCUT2D eigenvalue weighted by molar-refractivity contribution is 5.87. The predicted octanol–water partition coefficient (Wildman–Crippen LogP) is 2.46. The molecule has 0 radical (unpaired) electrons. The molecule has 130 valence electrons. The van der Waals surface area contributed by atoms with E-state index in [1.54, 1.807) is 6.92 Å². The summed E-state index contributed by atoms with van der Waals surface area (Å²) in [6.07, 6.45) is 1.24. The largest absolute Gasteiger partial charge is 0.480 e. The number of carboxylic acids is 1. The van der Waals surface area contributed by atoms with Crippen molar-refractivity contribution in [3.8, 4) is 0 Å². The number of hydrogen-bond acceptors (Lipinski definition) is 3. The van der Waals surface area contributed by atoms with Gasteiger partial charge in [-0.1, -0.05) is 27.2 Å². The third-order valence-corrected chi connectivity index (χ3v) is 4.04. The molecule has 0 aromatic carbocycles. The van der Waals surface area contributed by atoms with Gasteiger partial charge in [0.25, 0.3) is 0 Å². The average molecular weight is 323 g/mol. The van der Waals surface area contributed by atoms with Crippen LogP contribution in [0.25, 0.3) is 0 Å². The first-order chi connectivity index (χ1) is 10.6. The van der Waals surface area contributed by atoms with Gasteiger partial charge in [-0.2, -0.15) is 5.10 Å². The molecule has 1 atom stereocenters. The summed E-state index contributed by atoms with van der Waals surface area (Å²) in [5, 5.41) is 16.5. The van der Waals surface area contributed by atoms with E-state index >= 15 is 0 Å². The Kier molecular flexibility index (Phi) is 6.36. The van der Waals surface area contributed by atoms with Crippen LogP contribution in [0.5, 0.6) is 0 Å². The zero-order chi connectivity index (χ0) is 17.8. The van der Waals surface area contributed by atoms with Crippen LogP contribution in [-0.4, -0.2) is 32.3 Å². The topological polar surface area (TPSA) is 84.2 Å². The van der Waals surface area contributed by atoms with Crippen LogP contribution in [0.3, 0.4) is 0 Å². The van der Waals surface area contributed by atoms with Gasteiger partial charge in [-0.3, -0.25) is 9.48 Å². The zero-order valence-corrected chi connectivity index (χ0v) is 15.1. The number of nitrogens with zero attached hydrogens (tertiary/aromatic N) is 2. The van der Waals surface area contributed by atoms with Gasteiger partial charge in [0.1, 0.15) is 5.54 Å². The van der Waals surface area contributed by atoms with Gasteiger partial charge in [-0.15, -0.1) is 0 Å². The molecule has 0 spiro atoms. The number of carboxylic acid groups (broad SMARTS) is 1. The number of rotatable bonds is 8. The lowest BCUT2D eigenvalue weighted by Gasteiger charge is -2.25. The van der Waals surface area contributed by atoms with Crippen molar-refractivity contribution in [2.24, 2.45) is 5.92 Å². The van der Waals surface area contributed by atoms with E-state index in [0.29, 0.717) is 18.8 Å². The van der Waals surface area contributed by atoms with Crippen molar-refractivity contribution in [1.29, 1.82) is 0 Å². The number of amides is 1. The van der Waals surface area contributed by atoms with Gasteiger partial charge >= 0.3 is 5.97 Å². The predicted molar refractivity (Wildman–Crippen MR) is 89.3 cm³/mol. The molecule has 0 aliphatic heterocycles. The van der Waals surface area contributed by atoms with Gasteiger partial charge in [0.05, 0.1) is 12.1 Å². The molecule has 23 heavy (non-hydrogen) atoms. The van der Waals surface area contributed by atoms with E-state index < -0.39 is 11.5 Å². The fourth-order valence-electron chi connectivity index (χ4n) is 2.75. The maximum absolute atomic E-state index is 12.3. The molecule has 0 saturated carbocycles. The lowest BCUT2D eigenvalue weighted by atomic mass is 9.95. The molecule has 1 heterocycles. The Morgan fingerprint density at radius 1 is 1.35 bits per heavy atom. The lowest BCUT2D eigenvalue weighted by molar-refractivity contribution is -0.147. The van der Waals surface area contributed by atoms with Gasteiger partial charge in [-0.25, -0.2) is 4.79 Å². The van der Waals surface area contributed by atoms with Gasteiger partial charge in [-0.05, 0) is 33.1 Å². The highest BCUT2D eigenvalue weighted by Gasteiger charge is 2.34. The molecule has 1 aromatic rings. The number of carbonyl (C=O) groups is 2. The molecule has 6 heteroatoms. The van der Waals surface area contributed by atoms with Crippen molar-refractivity contribution in [2.45, 2.75) is 72.9 Å². The van der Waals surface area contributed by atoms with Crippen molar-refractivity contribution >= 4 is 11.9 Å². The second-order valence-electron chi connectivity index (χ2n) is 6.84. The zero-order valence-electron chi connectivity index (χ0n) is 15.1. The van der Waals surface area contributed by atoms with E-state index in [1.165, 1.54) is 0 Å². The first kappa shape index (κ1) is 19.2. The van der Waals surface area contributed by atoms with E-state index in [1.807, 2.05) is 25.5 Å². The van der Waals surface area contributed by atoms with Crippen molar-refractivity contribution < 1.29 is 14.7 Å². The molecule has 1 unspecified atom stereocenters. The summed E-state index contributed by atoms with van der Waals surface area (Å²) >= 11 is 0. The molecule has 0 aliphatic rings. The SMILES string of the molecule is CCCC(C)(NC(=O)Cc1c(C)nn(CC(C)C)c1C)C(=O)O. The fourth-order valence-corrected chi connectivity index (χ4v) is 2.75. The summed E-state index contributed by atoms with van der Waals surface area (Å²) in [7, 11) is 0. The van der Waals surface area contributed by atoms with Crippen LogP contribution >= 0.6 is 0 Å². The molecule has 1 aromatic heterocycles. The monoisotopic (exact) mass is 323 g/mol. The number of aliphatic carboxylic acids is 1. The molecule has 0 aliphatic carbocycles. The number of nitrogens with one attached hydrogen (secondary N) is 1.